The van der Waals surface area contributed by atoms with Crippen LogP contribution < -0.4 is 9.47 Å². The van der Waals surface area contributed by atoms with Gasteiger partial charge in [-0.1, -0.05) is 0 Å². The third-order valence-electron chi connectivity index (χ3n) is 3.24. The molecule has 0 atom stereocenters. The molecule has 2 aromatic carbocycles. The summed E-state index contributed by atoms with van der Waals surface area (Å²) in [5.74, 6) is 0.311. The second kappa shape index (κ2) is 7.23. The molecule has 0 aliphatic rings. The predicted molar refractivity (Wildman–Crippen MR) is 83.5 cm³/mol. The van der Waals surface area contributed by atoms with E-state index in [9.17, 15) is 9.59 Å². The lowest BCUT2D eigenvalue weighted by Crippen LogP contribution is -2.12. The third-order valence-corrected chi connectivity index (χ3v) is 3.24. The number of carbonyl (C=O) groups is 2. The largest absolute Gasteiger partial charge is 0.496 e. The molecule has 23 heavy (non-hydrogen) atoms. The van der Waals surface area contributed by atoms with E-state index >= 15 is 0 Å². The lowest BCUT2D eigenvalue weighted by Gasteiger charge is -2.10. The summed E-state index contributed by atoms with van der Waals surface area (Å²) >= 11 is 0. The Kier molecular flexibility index (Phi) is 5.11. The minimum absolute atomic E-state index is 0.0235. The molecule has 0 saturated carbocycles. The molecular formula is C18H15NO4. The van der Waals surface area contributed by atoms with Crippen molar-refractivity contribution in [3.05, 3.63) is 59.2 Å². The van der Waals surface area contributed by atoms with Gasteiger partial charge in [0.1, 0.15) is 11.5 Å². The van der Waals surface area contributed by atoms with Gasteiger partial charge in [0.05, 0.1) is 25.2 Å². The van der Waals surface area contributed by atoms with Crippen molar-refractivity contribution < 1.29 is 19.1 Å². The van der Waals surface area contributed by atoms with Crippen LogP contribution in [0.5, 0.6) is 11.5 Å². The average Bonchev–Trinajstić information content (AvgIpc) is 2.55. The highest BCUT2D eigenvalue weighted by atomic mass is 16.5. The summed E-state index contributed by atoms with van der Waals surface area (Å²) in [6, 6.07) is 13.2. The van der Waals surface area contributed by atoms with Gasteiger partial charge in [0.25, 0.3) is 0 Å². The van der Waals surface area contributed by atoms with E-state index < -0.39 is 5.97 Å². The third kappa shape index (κ3) is 4.17. The van der Waals surface area contributed by atoms with Crippen molar-refractivity contribution in [2.45, 2.75) is 13.3 Å². The highest BCUT2D eigenvalue weighted by molar-refractivity contribution is 5.94. The minimum Gasteiger partial charge on any atom is -0.496 e. The summed E-state index contributed by atoms with van der Waals surface area (Å²) in [7, 11) is 1.50. The van der Waals surface area contributed by atoms with Crippen LogP contribution in [0.3, 0.4) is 0 Å². The van der Waals surface area contributed by atoms with Crippen LogP contribution in [0, 0.1) is 11.3 Å². The first-order valence-corrected chi connectivity index (χ1v) is 6.92. The van der Waals surface area contributed by atoms with E-state index in [1.807, 2.05) is 6.07 Å². The number of hydrogen-bond acceptors (Lipinski definition) is 5. The van der Waals surface area contributed by atoms with E-state index in [4.69, 9.17) is 14.7 Å². The van der Waals surface area contributed by atoms with Gasteiger partial charge in [-0.05, 0) is 49.4 Å². The topological polar surface area (TPSA) is 76.4 Å². The number of nitrogens with zero attached hydrogens (tertiary/aromatic N) is 1. The number of methoxy groups -OCH3 is 1. The highest BCUT2D eigenvalue weighted by Crippen LogP contribution is 2.22. The molecular weight excluding hydrogens is 294 g/mol. The zero-order valence-corrected chi connectivity index (χ0v) is 12.8. The average molecular weight is 309 g/mol. The van der Waals surface area contributed by atoms with Crippen molar-refractivity contribution in [1.82, 2.24) is 0 Å². The first kappa shape index (κ1) is 16.2. The number of ketones is 1. The lowest BCUT2D eigenvalue weighted by molar-refractivity contribution is -0.133. The molecule has 2 aromatic rings. The molecule has 0 radical (unpaired) electrons. The molecule has 0 bridgehead atoms. The van der Waals surface area contributed by atoms with Crippen molar-refractivity contribution in [1.29, 1.82) is 5.26 Å². The fourth-order valence-corrected chi connectivity index (χ4v) is 2.06. The number of Topliss-reactive ketones (excluding diaryl/α,β-unsaturated/α-hetero) is 1. The van der Waals surface area contributed by atoms with Gasteiger partial charge >= 0.3 is 5.97 Å². The first-order chi connectivity index (χ1) is 11.0. The van der Waals surface area contributed by atoms with Gasteiger partial charge in [-0.25, -0.2) is 0 Å². The molecule has 0 unspecified atom stereocenters. The maximum absolute atomic E-state index is 12.1. The minimum atomic E-state index is -0.478. The number of carbonyl (C=O) groups excluding carboxylic acids is 2. The number of nitriles is 1. The molecule has 0 spiro atoms. The molecule has 0 amide bonds. The van der Waals surface area contributed by atoms with Crippen LogP contribution in [0.2, 0.25) is 0 Å². The Morgan fingerprint density at radius 3 is 2.39 bits per heavy atom. The second-order valence-corrected chi connectivity index (χ2v) is 4.87. The number of rotatable bonds is 5. The second-order valence-electron chi connectivity index (χ2n) is 4.87. The van der Waals surface area contributed by atoms with Crippen LogP contribution in [0.1, 0.15) is 28.4 Å². The molecule has 0 heterocycles. The highest BCUT2D eigenvalue weighted by Gasteiger charge is 2.13. The molecule has 5 nitrogen and oxygen atoms in total. The molecule has 5 heteroatoms. The van der Waals surface area contributed by atoms with Crippen molar-refractivity contribution >= 4 is 11.8 Å². The number of benzene rings is 2. The monoisotopic (exact) mass is 309 g/mol. The molecule has 0 fully saturated rings. The van der Waals surface area contributed by atoms with Gasteiger partial charge in [0, 0.05) is 11.1 Å². The van der Waals surface area contributed by atoms with Crippen LogP contribution in [0.25, 0.3) is 0 Å². The zero-order chi connectivity index (χ0) is 16.8. The quantitative estimate of drug-likeness (QED) is 0.482. The fraction of sp³-hybridized carbons (Fsp3) is 0.167. The summed E-state index contributed by atoms with van der Waals surface area (Å²) in [4.78, 5) is 23.5. The van der Waals surface area contributed by atoms with E-state index in [0.29, 0.717) is 28.2 Å². The smallest absolute Gasteiger partial charge is 0.315 e. The SMILES string of the molecule is COc1ccc(C(C)=O)cc1CC(=O)Oc1ccc(C#N)cc1. The number of hydrogen-bond donors (Lipinski definition) is 0. The van der Waals surface area contributed by atoms with Crippen LogP contribution in [0.4, 0.5) is 0 Å². The van der Waals surface area contributed by atoms with Crippen LogP contribution in [0.15, 0.2) is 42.5 Å². The summed E-state index contributed by atoms with van der Waals surface area (Å²) in [5.41, 5.74) is 1.58. The van der Waals surface area contributed by atoms with Crippen LogP contribution in [-0.2, 0) is 11.2 Å². The standard InChI is InChI=1S/C18H15NO4/c1-12(20)14-5-8-17(22-2)15(9-14)10-18(21)23-16-6-3-13(11-19)4-7-16/h3-9H,10H2,1-2H3. The van der Waals surface area contributed by atoms with E-state index in [1.165, 1.54) is 14.0 Å². The van der Waals surface area contributed by atoms with Crippen molar-refractivity contribution in [3.8, 4) is 17.6 Å². The first-order valence-electron chi connectivity index (χ1n) is 6.92. The van der Waals surface area contributed by atoms with E-state index in [1.54, 1.807) is 42.5 Å². The van der Waals surface area contributed by atoms with Crippen LogP contribution >= 0.6 is 0 Å². The van der Waals surface area contributed by atoms with Crippen molar-refractivity contribution in [2.75, 3.05) is 7.11 Å². The summed E-state index contributed by atoms with van der Waals surface area (Å²) in [5, 5.41) is 8.73. The normalized spacial score (nSPS) is 9.78. The van der Waals surface area contributed by atoms with Gasteiger partial charge in [0.2, 0.25) is 0 Å². The predicted octanol–water partition coefficient (Wildman–Crippen LogP) is 2.92. The number of ether oxygens (including phenoxy) is 2. The Labute approximate surface area is 134 Å². The van der Waals surface area contributed by atoms with Gasteiger partial charge in [0.15, 0.2) is 5.78 Å². The lowest BCUT2D eigenvalue weighted by atomic mass is 10.0. The Morgan fingerprint density at radius 2 is 1.83 bits per heavy atom. The Balaban J connectivity index is 2.14. The van der Waals surface area contributed by atoms with E-state index in [2.05, 4.69) is 0 Å². The molecule has 0 aromatic heterocycles. The molecule has 0 aliphatic carbocycles. The number of esters is 1. The van der Waals surface area contributed by atoms with E-state index in [-0.39, 0.29) is 12.2 Å². The molecule has 0 aliphatic heterocycles. The molecule has 0 saturated heterocycles. The molecule has 2 rings (SSSR count). The van der Waals surface area contributed by atoms with Crippen molar-refractivity contribution in [2.24, 2.45) is 0 Å². The molecule has 0 N–H and O–H groups in total. The van der Waals surface area contributed by atoms with Gasteiger partial charge in [-0.3, -0.25) is 9.59 Å². The maximum atomic E-state index is 12.1. The Morgan fingerprint density at radius 1 is 1.13 bits per heavy atom. The summed E-state index contributed by atoms with van der Waals surface area (Å²) in [6.45, 7) is 1.46. The summed E-state index contributed by atoms with van der Waals surface area (Å²) in [6.07, 6.45) is -0.0235. The Hall–Kier alpha value is -3.13. The van der Waals surface area contributed by atoms with Crippen LogP contribution in [-0.4, -0.2) is 18.9 Å². The maximum Gasteiger partial charge on any atom is 0.315 e. The molecule has 116 valence electrons. The Bertz CT molecular complexity index is 773. The zero-order valence-electron chi connectivity index (χ0n) is 12.8. The van der Waals surface area contributed by atoms with Gasteiger partial charge in [-0.2, -0.15) is 5.26 Å². The van der Waals surface area contributed by atoms with Gasteiger partial charge < -0.3 is 9.47 Å². The van der Waals surface area contributed by atoms with Crippen molar-refractivity contribution in [3.63, 3.8) is 0 Å². The fourth-order valence-electron chi connectivity index (χ4n) is 2.06. The van der Waals surface area contributed by atoms with Gasteiger partial charge in [-0.15, -0.1) is 0 Å². The summed E-state index contributed by atoms with van der Waals surface area (Å²) < 4.78 is 10.4. The van der Waals surface area contributed by atoms with E-state index in [0.717, 1.165) is 0 Å².